The fraction of sp³-hybridized carbons (Fsp3) is 0.200. The number of aryl methyl sites for hydroxylation is 1. The van der Waals surface area contributed by atoms with Crippen LogP contribution in [0.15, 0.2) is 42.5 Å². The van der Waals surface area contributed by atoms with Crippen LogP contribution in [0.25, 0.3) is 33.8 Å². The Labute approximate surface area is 163 Å². The van der Waals surface area contributed by atoms with Crippen LogP contribution in [0.2, 0.25) is 0 Å². The topological polar surface area (TPSA) is 92.8 Å². The maximum Gasteiger partial charge on any atom is 0.408 e. The molecule has 0 aliphatic rings. The standard InChI is InChI=1S/C20H18F3N5O/c1-11-2-5-13(6-3-11)16-18(29)17(28(27-16)10-20(21,22)23)19-25-14-7-4-12(9-24)8-15(14)26-19/h2-8,29H,9-10,24H2,1H3,(H,25,26). The number of nitrogens with one attached hydrogen (secondary N) is 1. The van der Waals surface area contributed by atoms with Crippen LogP contribution in [0.5, 0.6) is 5.75 Å². The summed E-state index contributed by atoms with van der Waals surface area (Å²) in [6.07, 6.45) is -4.52. The number of aromatic amines is 1. The number of rotatable bonds is 4. The van der Waals surface area contributed by atoms with E-state index in [9.17, 15) is 18.3 Å². The van der Waals surface area contributed by atoms with Gasteiger partial charge in [-0.05, 0) is 24.6 Å². The Morgan fingerprint density at radius 1 is 1.14 bits per heavy atom. The average molecular weight is 401 g/mol. The summed E-state index contributed by atoms with van der Waals surface area (Å²) in [6.45, 7) is 0.854. The van der Waals surface area contributed by atoms with E-state index in [1.165, 1.54) is 0 Å². The first-order valence-corrected chi connectivity index (χ1v) is 8.88. The van der Waals surface area contributed by atoms with Crippen LogP contribution in [0.3, 0.4) is 0 Å². The molecular formula is C20H18F3N5O. The first kappa shape index (κ1) is 19.0. The van der Waals surface area contributed by atoms with Gasteiger partial charge in [-0.1, -0.05) is 35.9 Å². The molecule has 0 aliphatic carbocycles. The molecule has 0 saturated heterocycles. The molecule has 2 aromatic carbocycles. The first-order chi connectivity index (χ1) is 13.7. The monoisotopic (exact) mass is 401 g/mol. The van der Waals surface area contributed by atoms with Crippen molar-refractivity contribution in [1.29, 1.82) is 0 Å². The van der Waals surface area contributed by atoms with Crippen LogP contribution in [0.1, 0.15) is 11.1 Å². The van der Waals surface area contributed by atoms with Crippen LogP contribution in [-0.4, -0.2) is 31.0 Å². The van der Waals surface area contributed by atoms with Gasteiger partial charge >= 0.3 is 6.18 Å². The number of halogens is 3. The number of H-pyrrole nitrogens is 1. The van der Waals surface area contributed by atoms with E-state index in [4.69, 9.17) is 5.73 Å². The molecule has 0 aliphatic heterocycles. The number of hydrogen-bond acceptors (Lipinski definition) is 4. The average Bonchev–Trinajstić information content (AvgIpc) is 3.20. The van der Waals surface area contributed by atoms with Crippen molar-refractivity contribution in [2.75, 3.05) is 0 Å². The number of nitrogens with zero attached hydrogens (tertiary/aromatic N) is 3. The zero-order chi connectivity index (χ0) is 20.8. The van der Waals surface area contributed by atoms with Crippen molar-refractivity contribution >= 4 is 11.0 Å². The molecule has 2 aromatic heterocycles. The molecule has 0 saturated carbocycles. The van der Waals surface area contributed by atoms with E-state index in [-0.39, 0.29) is 23.0 Å². The molecule has 6 nitrogen and oxygen atoms in total. The number of imidazole rings is 1. The van der Waals surface area contributed by atoms with Crippen molar-refractivity contribution in [3.8, 4) is 28.5 Å². The Bertz CT molecular complexity index is 1180. The largest absolute Gasteiger partial charge is 0.504 e. The highest BCUT2D eigenvalue weighted by Gasteiger charge is 2.33. The van der Waals surface area contributed by atoms with E-state index in [1.54, 1.807) is 42.5 Å². The highest BCUT2D eigenvalue weighted by Crippen LogP contribution is 2.38. The summed E-state index contributed by atoms with van der Waals surface area (Å²) in [7, 11) is 0. The minimum Gasteiger partial charge on any atom is -0.504 e. The number of aromatic hydroxyl groups is 1. The van der Waals surface area contributed by atoms with Crippen LogP contribution in [0.4, 0.5) is 13.2 Å². The summed E-state index contributed by atoms with van der Waals surface area (Å²) < 4.78 is 40.2. The molecule has 0 spiro atoms. The van der Waals surface area contributed by atoms with Gasteiger partial charge < -0.3 is 15.8 Å². The van der Waals surface area contributed by atoms with E-state index >= 15 is 0 Å². The van der Waals surface area contributed by atoms with E-state index in [0.29, 0.717) is 23.1 Å². The van der Waals surface area contributed by atoms with Gasteiger partial charge in [-0.25, -0.2) is 9.67 Å². The van der Waals surface area contributed by atoms with Crippen molar-refractivity contribution in [2.24, 2.45) is 5.73 Å². The number of aromatic nitrogens is 4. The van der Waals surface area contributed by atoms with Crippen molar-refractivity contribution in [3.05, 3.63) is 53.6 Å². The summed E-state index contributed by atoms with van der Waals surface area (Å²) >= 11 is 0. The minimum absolute atomic E-state index is 0.0624. The Morgan fingerprint density at radius 3 is 2.52 bits per heavy atom. The zero-order valence-corrected chi connectivity index (χ0v) is 15.5. The maximum absolute atomic E-state index is 13.1. The van der Waals surface area contributed by atoms with E-state index in [1.807, 2.05) is 6.92 Å². The fourth-order valence-electron chi connectivity index (χ4n) is 3.17. The Kier molecular flexibility index (Phi) is 4.54. The van der Waals surface area contributed by atoms with Crippen molar-refractivity contribution in [2.45, 2.75) is 26.2 Å². The van der Waals surface area contributed by atoms with Crippen molar-refractivity contribution < 1.29 is 18.3 Å². The van der Waals surface area contributed by atoms with Crippen molar-refractivity contribution in [1.82, 2.24) is 19.7 Å². The molecule has 2 heterocycles. The highest BCUT2D eigenvalue weighted by atomic mass is 19.4. The van der Waals surface area contributed by atoms with Gasteiger partial charge in [0.05, 0.1) is 11.0 Å². The molecular weight excluding hydrogens is 383 g/mol. The Morgan fingerprint density at radius 2 is 1.86 bits per heavy atom. The smallest absolute Gasteiger partial charge is 0.408 e. The molecule has 0 fully saturated rings. The SMILES string of the molecule is Cc1ccc(-c2nn(CC(F)(F)F)c(-c3nc4ccc(CN)cc4[nH]3)c2O)cc1. The predicted octanol–water partition coefficient (Wildman–Crippen LogP) is 4.13. The third-order valence-corrected chi connectivity index (χ3v) is 4.59. The van der Waals surface area contributed by atoms with Crippen molar-refractivity contribution in [3.63, 3.8) is 0 Å². The summed E-state index contributed by atoms with van der Waals surface area (Å²) in [5, 5.41) is 14.8. The lowest BCUT2D eigenvalue weighted by molar-refractivity contribution is -0.142. The fourth-order valence-corrected chi connectivity index (χ4v) is 3.17. The van der Waals surface area contributed by atoms with Crippen LogP contribution >= 0.6 is 0 Å². The lowest BCUT2D eigenvalue weighted by Crippen LogP contribution is -2.19. The third-order valence-electron chi connectivity index (χ3n) is 4.59. The van der Waals surface area contributed by atoms with Gasteiger partial charge in [0.2, 0.25) is 0 Å². The molecule has 0 amide bonds. The maximum atomic E-state index is 13.1. The molecule has 4 N–H and O–H groups in total. The van der Waals surface area contributed by atoms with Gasteiger partial charge in [-0.2, -0.15) is 18.3 Å². The van der Waals surface area contributed by atoms with Crippen LogP contribution in [-0.2, 0) is 13.1 Å². The molecule has 29 heavy (non-hydrogen) atoms. The molecule has 150 valence electrons. The third kappa shape index (κ3) is 3.68. The van der Waals surface area contributed by atoms with E-state index < -0.39 is 12.7 Å². The van der Waals surface area contributed by atoms with Crippen LogP contribution in [0, 0.1) is 6.92 Å². The van der Waals surface area contributed by atoms with Crippen LogP contribution < -0.4 is 5.73 Å². The summed E-state index contributed by atoms with van der Waals surface area (Å²) in [5.74, 6) is -0.266. The summed E-state index contributed by atoms with van der Waals surface area (Å²) in [5.41, 5.74) is 9.08. The molecule has 4 rings (SSSR count). The van der Waals surface area contributed by atoms with Gasteiger partial charge in [-0.3, -0.25) is 0 Å². The second-order valence-corrected chi connectivity index (χ2v) is 6.83. The Hall–Kier alpha value is -3.33. The number of fused-ring (bicyclic) bond motifs is 1. The highest BCUT2D eigenvalue weighted by molar-refractivity contribution is 5.83. The summed E-state index contributed by atoms with van der Waals surface area (Å²) in [6, 6.07) is 12.3. The lowest BCUT2D eigenvalue weighted by Gasteiger charge is -2.08. The quantitative estimate of drug-likeness (QED) is 0.479. The number of benzene rings is 2. The van der Waals surface area contributed by atoms with E-state index in [2.05, 4.69) is 15.1 Å². The second kappa shape index (κ2) is 6.93. The number of nitrogens with two attached hydrogens (primary N) is 1. The summed E-state index contributed by atoms with van der Waals surface area (Å²) in [4.78, 5) is 7.32. The zero-order valence-electron chi connectivity index (χ0n) is 15.5. The number of hydrogen-bond donors (Lipinski definition) is 3. The lowest BCUT2D eigenvalue weighted by atomic mass is 10.1. The Balaban J connectivity index is 1.89. The molecule has 4 aromatic rings. The molecule has 9 heteroatoms. The van der Waals surface area contributed by atoms with Gasteiger partial charge in [0.25, 0.3) is 0 Å². The second-order valence-electron chi connectivity index (χ2n) is 6.83. The number of alkyl halides is 3. The normalized spacial score (nSPS) is 12.0. The first-order valence-electron chi connectivity index (χ1n) is 8.88. The predicted molar refractivity (Wildman–Crippen MR) is 103 cm³/mol. The van der Waals surface area contributed by atoms with Gasteiger partial charge in [-0.15, -0.1) is 0 Å². The van der Waals surface area contributed by atoms with Gasteiger partial charge in [0, 0.05) is 12.1 Å². The minimum atomic E-state index is -4.52. The molecule has 0 atom stereocenters. The van der Waals surface area contributed by atoms with E-state index in [0.717, 1.165) is 15.8 Å². The molecule has 0 radical (unpaired) electrons. The molecule has 0 bridgehead atoms. The van der Waals surface area contributed by atoms with Gasteiger partial charge in [0.15, 0.2) is 11.6 Å². The van der Waals surface area contributed by atoms with Gasteiger partial charge in [0.1, 0.15) is 17.9 Å². The molecule has 0 unspecified atom stereocenters.